The van der Waals surface area contributed by atoms with Crippen LogP contribution in [0, 0.1) is 0 Å². The van der Waals surface area contributed by atoms with E-state index in [1.807, 2.05) is 54.3 Å². The number of benzene rings is 2. The Hall–Kier alpha value is -2.60. The van der Waals surface area contributed by atoms with Crippen LogP contribution in [0.15, 0.2) is 75.4 Å². The quantitative estimate of drug-likeness (QED) is 0.679. The van der Waals surface area contributed by atoms with Crippen LogP contribution < -0.4 is 9.47 Å². The fraction of sp³-hybridized carbons (Fsp3) is 0.118. The van der Waals surface area contributed by atoms with Gasteiger partial charge in [0.2, 0.25) is 0 Å². The van der Waals surface area contributed by atoms with Gasteiger partial charge in [-0.1, -0.05) is 30.3 Å². The molecule has 0 saturated carbocycles. The number of fused-ring (bicyclic) bond motifs is 2. The maximum absolute atomic E-state index is 12.9. The minimum atomic E-state index is -3.66. The van der Waals surface area contributed by atoms with Gasteiger partial charge in [0.05, 0.1) is 6.54 Å². The highest BCUT2D eigenvalue weighted by Gasteiger charge is 2.45. The SMILES string of the molecule is CCN1c2ccccc2S(=O)(=O)c2oc[n+](-c3ccccc3)c21. The van der Waals surface area contributed by atoms with Gasteiger partial charge in [0, 0.05) is 0 Å². The average molecular weight is 327 g/mol. The van der Waals surface area contributed by atoms with Gasteiger partial charge in [-0.15, -0.1) is 0 Å². The molecule has 2 heterocycles. The summed E-state index contributed by atoms with van der Waals surface area (Å²) in [5.74, 6) is 0.539. The molecule has 0 amide bonds. The molecule has 0 N–H and O–H groups in total. The van der Waals surface area contributed by atoms with Crippen LogP contribution in [0.2, 0.25) is 0 Å². The molecule has 0 aliphatic carbocycles. The Balaban J connectivity index is 2.04. The summed E-state index contributed by atoms with van der Waals surface area (Å²) in [4.78, 5) is 2.24. The highest BCUT2D eigenvalue weighted by atomic mass is 32.2. The van der Waals surface area contributed by atoms with Crippen molar-refractivity contribution in [3.05, 3.63) is 61.0 Å². The summed E-state index contributed by atoms with van der Waals surface area (Å²) in [6.07, 6.45) is 1.45. The molecule has 1 aliphatic heterocycles. The van der Waals surface area contributed by atoms with Crippen molar-refractivity contribution in [1.29, 1.82) is 0 Å². The largest absolute Gasteiger partial charge is 0.408 e. The fourth-order valence-electron chi connectivity index (χ4n) is 2.94. The van der Waals surface area contributed by atoms with Gasteiger partial charge in [0.25, 0.3) is 16.2 Å². The van der Waals surface area contributed by atoms with Crippen molar-refractivity contribution in [2.45, 2.75) is 16.9 Å². The second kappa shape index (κ2) is 4.96. The topological polar surface area (TPSA) is 54.4 Å². The van der Waals surface area contributed by atoms with Crippen LogP contribution in [0.4, 0.5) is 11.5 Å². The summed E-state index contributed by atoms with van der Waals surface area (Å²) in [5, 5.41) is -0.0121. The summed E-state index contributed by atoms with van der Waals surface area (Å²) in [7, 11) is -3.66. The summed E-state index contributed by atoms with van der Waals surface area (Å²) in [6, 6.07) is 16.6. The molecule has 0 atom stereocenters. The van der Waals surface area contributed by atoms with Crippen molar-refractivity contribution < 1.29 is 17.4 Å². The Kier molecular flexibility index (Phi) is 3.02. The molecule has 4 rings (SSSR count). The number of aromatic nitrogens is 1. The highest BCUT2D eigenvalue weighted by molar-refractivity contribution is 7.91. The molecule has 1 aromatic heterocycles. The van der Waals surface area contributed by atoms with Crippen LogP contribution in [0.5, 0.6) is 0 Å². The number of rotatable bonds is 2. The Morgan fingerprint density at radius 1 is 1.04 bits per heavy atom. The Bertz CT molecular complexity index is 978. The van der Waals surface area contributed by atoms with Crippen LogP contribution in [0.3, 0.4) is 0 Å². The minimum absolute atomic E-state index is 0.0121. The first kappa shape index (κ1) is 14.0. The Morgan fingerprint density at radius 3 is 2.48 bits per heavy atom. The van der Waals surface area contributed by atoms with Gasteiger partial charge in [-0.2, -0.15) is 4.57 Å². The second-order valence-electron chi connectivity index (χ2n) is 5.26. The van der Waals surface area contributed by atoms with Gasteiger partial charge >= 0.3 is 10.9 Å². The lowest BCUT2D eigenvalue weighted by Gasteiger charge is -2.22. The molecule has 0 spiro atoms. The van der Waals surface area contributed by atoms with Crippen molar-refractivity contribution in [2.24, 2.45) is 0 Å². The molecule has 3 aromatic rings. The second-order valence-corrected chi connectivity index (χ2v) is 7.07. The van der Waals surface area contributed by atoms with Crippen molar-refractivity contribution in [3.8, 4) is 5.69 Å². The molecular formula is C17H15N2O3S+. The summed E-state index contributed by atoms with van der Waals surface area (Å²) in [6.45, 7) is 2.62. The highest BCUT2D eigenvalue weighted by Crippen LogP contribution is 2.42. The van der Waals surface area contributed by atoms with Gasteiger partial charge in [0.1, 0.15) is 16.3 Å². The number of nitrogens with zero attached hydrogens (tertiary/aromatic N) is 2. The lowest BCUT2D eigenvalue weighted by molar-refractivity contribution is -0.586. The van der Waals surface area contributed by atoms with E-state index in [1.165, 1.54) is 6.39 Å². The monoisotopic (exact) mass is 327 g/mol. The van der Waals surface area contributed by atoms with Crippen molar-refractivity contribution >= 4 is 21.3 Å². The van der Waals surface area contributed by atoms with Crippen molar-refractivity contribution in [1.82, 2.24) is 0 Å². The molecule has 0 unspecified atom stereocenters. The number of sulfone groups is 1. The van der Waals surface area contributed by atoms with Gasteiger partial charge in [0.15, 0.2) is 0 Å². The number of hydrogen-bond donors (Lipinski definition) is 0. The third-order valence-electron chi connectivity index (χ3n) is 3.97. The standard InChI is InChI=1S/C17H15N2O3S/c1-2-18-14-10-6-7-11-15(14)23(20,21)17-16(18)19(12-22-17)13-8-4-3-5-9-13/h3-12H,2H2,1H3/q+1. The van der Waals surface area contributed by atoms with E-state index in [9.17, 15) is 8.42 Å². The molecule has 0 bridgehead atoms. The predicted molar refractivity (Wildman–Crippen MR) is 84.8 cm³/mol. The molecule has 1 aliphatic rings. The lowest BCUT2D eigenvalue weighted by atomic mass is 10.2. The maximum atomic E-state index is 12.9. The molecule has 2 aromatic carbocycles. The number of anilines is 2. The van der Waals surface area contributed by atoms with Crippen LogP contribution in [0.1, 0.15) is 6.92 Å². The number of oxazole rings is 1. The summed E-state index contributed by atoms with van der Waals surface area (Å²) < 4.78 is 33.0. The molecule has 6 heteroatoms. The predicted octanol–water partition coefficient (Wildman–Crippen LogP) is 2.86. The van der Waals surface area contributed by atoms with E-state index in [-0.39, 0.29) is 9.99 Å². The smallest absolute Gasteiger partial charge is 0.345 e. The molecule has 0 saturated heterocycles. The third-order valence-corrected chi connectivity index (χ3v) is 5.66. The zero-order valence-electron chi connectivity index (χ0n) is 12.5. The Labute approximate surface area is 134 Å². The van der Waals surface area contributed by atoms with Crippen LogP contribution in [-0.2, 0) is 9.84 Å². The summed E-state index contributed by atoms with van der Waals surface area (Å²) in [5.41, 5.74) is 1.53. The van der Waals surface area contributed by atoms with Gasteiger partial charge in [-0.3, -0.25) is 0 Å². The number of para-hydroxylation sites is 2. The first-order chi connectivity index (χ1) is 11.1. The Morgan fingerprint density at radius 2 is 1.74 bits per heavy atom. The van der Waals surface area contributed by atoms with Crippen molar-refractivity contribution in [3.63, 3.8) is 0 Å². The molecule has 0 fully saturated rings. The van der Waals surface area contributed by atoms with Gasteiger partial charge in [-0.05, 0) is 31.2 Å². The normalized spacial score (nSPS) is 15.1. The lowest BCUT2D eigenvalue weighted by Crippen LogP contribution is -2.39. The number of hydrogen-bond acceptors (Lipinski definition) is 4. The average Bonchev–Trinajstić information content (AvgIpc) is 3.02. The zero-order valence-corrected chi connectivity index (χ0v) is 13.3. The first-order valence-electron chi connectivity index (χ1n) is 7.35. The van der Waals surface area contributed by atoms with E-state index in [4.69, 9.17) is 4.42 Å². The zero-order chi connectivity index (χ0) is 16.0. The molecule has 5 nitrogen and oxygen atoms in total. The minimum Gasteiger partial charge on any atom is -0.408 e. The van der Waals surface area contributed by atoms with E-state index in [2.05, 4.69) is 0 Å². The van der Waals surface area contributed by atoms with Crippen LogP contribution in [0.25, 0.3) is 5.69 Å². The van der Waals surface area contributed by atoms with E-state index in [0.717, 1.165) is 5.69 Å². The molecule has 23 heavy (non-hydrogen) atoms. The maximum Gasteiger partial charge on any atom is 0.345 e. The molecular weight excluding hydrogens is 312 g/mol. The summed E-state index contributed by atoms with van der Waals surface area (Å²) >= 11 is 0. The first-order valence-corrected chi connectivity index (χ1v) is 8.83. The van der Waals surface area contributed by atoms with Crippen LogP contribution >= 0.6 is 0 Å². The fourth-order valence-corrected chi connectivity index (χ4v) is 4.47. The van der Waals surface area contributed by atoms with E-state index in [0.29, 0.717) is 18.1 Å². The van der Waals surface area contributed by atoms with Gasteiger partial charge in [-0.25, -0.2) is 13.3 Å². The van der Waals surface area contributed by atoms with Crippen molar-refractivity contribution in [2.75, 3.05) is 11.4 Å². The molecule has 0 radical (unpaired) electrons. The van der Waals surface area contributed by atoms with Crippen LogP contribution in [-0.4, -0.2) is 15.0 Å². The van der Waals surface area contributed by atoms with E-state index in [1.54, 1.807) is 16.7 Å². The third kappa shape index (κ3) is 1.91. The van der Waals surface area contributed by atoms with Gasteiger partial charge < -0.3 is 4.42 Å². The van der Waals surface area contributed by atoms with E-state index < -0.39 is 9.84 Å². The van der Waals surface area contributed by atoms with E-state index >= 15 is 0 Å². The molecule has 116 valence electrons.